The summed E-state index contributed by atoms with van der Waals surface area (Å²) in [5.41, 5.74) is 2.09. The zero-order chi connectivity index (χ0) is 22.1. The van der Waals surface area contributed by atoms with Crippen molar-refractivity contribution in [1.29, 1.82) is 0 Å². The molecule has 0 spiro atoms. The normalized spacial score (nSPS) is 16.5. The quantitative estimate of drug-likeness (QED) is 0.460. The third kappa shape index (κ3) is 3.77. The van der Waals surface area contributed by atoms with Gasteiger partial charge in [-0.05, 0) is 30.5 Å². The minimum absolute atomic E-state index is 0.0475. The third-order valence-corrected chi connectivity index (χ3v) is 5.62. The van der Waals surface area contributed by atoms with Crippen molar-refractivity contribution < 1.29 is 13.9 Å². The second-order valence-electron chi connectivity index (χ2n) is 7.76. The number of aromatic nitrogens is 6. The summed E-state index contributed by atoms with van der Waals surface area (Å²) in [4.78, 5) is 17.5. The molecular formula is C22H23FN6O3. The molecule has 0 radical (unpaired) electrons. The van der Waals surface area contributed by atoms with Gasteiger partial charge in [0, 0.05) is 25.4 Å². The topological polar surface area (TPSA) is 89.0 Å². The number of hydrogen-bond acceptors (Lipinski definition) is 6. The molecule has 4 aromatic rings. The molecule has 0 N–H and O–H groups in total. The van der Waals surface area contributed by atoms with Crippen molar-refractivity contribution in [3.05, 3.63) is 53.2 Å². The van der Waals surface area contributed by atoms with E-state index in [1.54, 1.807) is 47.1 Å². The predicted molar refractivity (Wildman–Crippen MR) is 116 cm³/mol. The van der Waals surface area contributed by atoms with Crippen molar-refractivity contribution in [3.63, 3.8) is 0 Å². The van der Waals surface area contributed by atoms with E-state index in [0.29, 0.717) is 23.4 Å². The molecule has 5 rings (SSSR count). The summed E-state index contributed by atoms with van der Waals surface area (Å²) in [5, 5.41) is 9.00. The molecule has 4 heterocycles. The number of ether oxygens (including phenoxy) is 2. The van der Waals surface area contributed by atoms with Crippen LogP contribution < -0.4 is 10.3 Å². The molecule has 10 heteroatoms. The van der Waals surface area contributed by atoms with Gasteiger partial charge in [-0.15, -0.1) is 0 Å². The van der Waals surface area contributed by atoms with Gasteiger partial charge in [0.25, 0.3) is 5.56 Å². The number of hydrogen-bond donors (Lipinski definition) is 0. The number of alkyl halides is 1. The summed E-state index contributed by atoms with van der Waals surface area (Å²) in [7, 11) is 1.62. The van der Waals surface area contributed by atoms with Gasteiger partial charge in [-0.2, -0.15) is 15.2 Å². The van der Waals surface area contributed by atoms with Crippen molar-refractivity contribution in [3.8, 4) is 22.9 Å². The first-order chi connectivity index (χ1) is 15.6. The number of halogens is 1. The van der Waals surface area contributed by atoms with E-state index in [4.69, 9.17) is 9.47 Å². The number of nitrogens with zero attached hydrogens (tertiary/aromatic N) is 6. The van der Waals surface area contributed by atoms with Crippen LogP contribution >= 0.6 is 0 Å². The average molecular weight is 438 g/mol. The molecule has 0 amide bonds. The lowest BCUT2D eigenvalue weighted by molar-refractivity contribution is 0.0562. The lowest BCUT2D eigenvalue weighted by Crippen LogP contribution is -2.24. The van der Waals surface area contributed by atoms with Crippen LogP contribution in [0.1, 0.15) is 18.9 Å². The summed E-state index contributed by atoms with van der Waals surface area (Å²) in [6, 6.07) is 7.59. The Balaban J connectivity index is 1.43. The Morgan fingerprint density at radius 2 is 2.03 bits per heavy atom. The van der Waals surface area contributed by atoms with Crippen LogP contribution in [-0.4, -0.2) is 49.0 Å². The Morgan fingerprint density at radius 3 is 2.78 bits per heavy atom. The highest BCUT2D eigenvalue weighted by atomic mass is 19.1. The van der Waals surface area contributed by atoms with Gasteiger partial charge < -0.3 is 9.47 Å². The zero-order valence-corrected chi connectivity index (χ0v) is 17.6. The van der Waals surface area contributed by atoms with Gasteiger partial charge in [0.05, 0.1) is 31.6 Å². The van der Waals surface area contributed by atoms with Crippen molar-refractivity contribution in [2.45, 2.75) is 25.4 Å². The molecule has 0 bridgehead atoms. The van der Waals surface area contributed by atoms with Gasteiger partial charge in [0.1, 0.15) is 17.8 Å². The summed E-state index contributed by atoms with van der Waals surface area (Å²) in [6.07, 6.45) is 6.92. The van der Waals surface area contributed by atoms with E-state index in [1.807, 2.05) is 12.1 Å². The van der Waals surface area contributed by atoms with Crippen LogP contribution in [0.2, 0.25) is 0 Å². The van der Waals surface area contributed by atoms with E-state index < -0.39 is 6.67 Å². The van der Waals surface area contributed by atoms with E-state index in [2.05, 4.69) is 15.2 Å². The van der Waals surface area contributed by atoms with Crippen LogP contribution in [-0.2, 0) is 18.3 Å². The van der Waals surface area contributed by atoms with Crippen LogP contribution in [0.3, 0.4) is 0 Å². The highest BCUT2D eigenvalue weighted by Gasteiger charge is 2.22. The molecule has 1 fully saturated rings. The minimum atomic E-state index is -0.462. The molecule has 1 aromatic carbocycles. The fourth-order valence-electron chi connectivity index (χ4n) is 3.87. The van der Waals surface area contributed by atoms with Crippen molar-refractivity contribution in [1.82, 2.24) is 29.1 Å². The molecule has 9 nitrogen and oxygen atoms in total. The Kier molecular flexibility index (Phi) is 5.44. The zero-order valence-electron chi connectivity index (χ0n) is 17.6. The maximum absolute atomic E-state index is 12.9. The molecule has 166 valence electrons. The average Bonchev–Trinajstić information content (AvgIpc) is 3.46. The molecule has 3 aromatic heterocycles. The fourth-order valence-corrected chi connectivity index (χ4v) is 3.87. The summed E-state index contributed by atoms with van der Waals surface area (Å²) in [6.45, 7) is 1.06. The predicted octanol–water partition coefficient (Wildman–Crippen LogP) is 3.11. The Morgan fingerprint density at radius 1 is 1.19 bits per heavy atom. The van der Waals surface area contributed by atoms with Gasteiger partial charge in [0.2, 0.25) is 0 Å². The van der Waals surface area contributed by atoms with E-state index in [1.165, 1.54) is 4.57 Å². The lowest BCUT2D eigenvalue weighted by atomic mass is 10.1. The fraction of sp³-hybridized carbons (Fsp3) is 0.364. The molecular weight excluding hydrogens is 415 g/mol. The first kappa shape index (κ1) is 20.4. The van der Waals surface area contributed by atoms with E-state index in [0.717, 1.165) is 30.6 Å². The Hall–Kier alpha value is -3.53. The van der Waals surface area contributed by atoms with E-state index >= 15 is 0 Å². The first-order valence-corrected chi connectivity index (χ1v) is 10.5. The second kappa shape index (κ2) is 8.54. The molecule has 1 atom stereocenters. The van der Waals surface area contributed by atoms with Crippen LogP contribution in [0.5, 0.6) is 11.8 Å². The smallest absolute Gasteiger partial charge is 0.306 e. The summed E-state index contributed by atoms with van der Waals surface area (Å²) >= 11 is 0. The number of benzene rings is 1. The minimum Gasteiger partial charge on any atom is -0.425 e. The standard InChI is InChI=1S/C22H23FN6O3/c1-27-21(30)19-12-25-29(17-3-2-10-31-14-17)20(19)26-22(27)32-18-6-4-15(5-7-18)16-11-24-28(13-16)9-8-23/h4-7,11-13,17H,2-3,8-10,14H2,1H3. The molecule has 1 aliphatic heterocycles. The molecule has 0 saturated carbocycles. The van der Waals surface area contributed by atoms with Crippen LogP contribution in [0.4, 0.5) is 4.39 Å². The molecule has 0 aliphatic carbocycles. The SMILES string of the molecule is Cn1c(Oc2ccc(-c3cnn(CCF)c3)cc2)nc2c(cnn2C2CCCOC2)c1=O. The van der Waals surface area contributed by atoms with E-state index in [9.17, 15) is 9.18 Å². The maximum Gasteiger partial charge on any atom is 0.306 e. The number of fused-ring (bicyclic) bond motifs is 1. The molecule has 1 saturated heterocycles. The van der Waals surface area contributed by atoms with Gasteiger partial charge in [-0.1, -0.05) is 12.1 Å². The molecule has 1 unspecified atom stereocenters. The molecule has 1 aliphatic rings. The number of aryl methyl sites for hydroxylation is 1. The summed E-state index contributed by atoms with van der Waals surface area (Å²) < 4.78 is 28.7. The van der Waals surface area contributed by atoms with Crippen LogP contribution in [0.25, 0.3) is 22.2 Å². The van der Waals surface area contributed by atoms with Crippen molar-refractivity contribution in [2.75, 3.05) is 19.9 Å². The van der Waals surface area contributed by atoms with Gasteiger partial charge in [-0.3, -0.25) is 14.0 Å². The second-order valence-corrected chi connectivity index (χ2v) is 7.76. The number of rotatable bonds is 6. The van der Waals surface area contributed by atoms with Gasteiger partial charge in [-0.25, -0.2) is 9.07 Å². The lowest BCUT2D eigenvalue weighted by Gasteiger charge is -2.22. The maximum atomic E-state index is 12.9. The molecule has 32 heavy (non-hydrogen) atoms. The third-order valence-electron chi connectivity index (χ3n) is 5.62. The Labute approximate surface area is 183 Å². The van der Waals surface area contributed by atoms with Crippen molar-refractivity contribution >= 4 is 11.0 Å². The largest absolute Gasteiger partial charge is 0.425 e. The van der Waals surface area contributed by atoms with Crippen LogP contribution in [0, 0.1) is 0 Å². The van der Waals surface area contributed by atoms with Crippen LogP contribution in [0.15, 0.2) is 47.7 Å². The first-order valence-electron chi connectivity index (χ1n) is 10.5. The van der Waals surface area contributed by atoms with E-state index in [-0.39, 0.29) is 24.2 Å². The summed E-state index contributed by atoms with van der Waals surface area (Å²) in [5.74, 6) is 0.541. The van der Waals surface area contributed by atoms with Gasteiger partial charge >= 0.3 is 6.01 Å². The highest BCUT2D eigenvalue weighted by molar-refractivity contribution is 5.74. The highest BCUT2D eigenvalue weighted by Crippen LogP contribution is 2.26. The van der Waals surface area contributed by atoms with Crippen molar-refractivity contribution in [2.24, 2.45) is 7.05 Å². The van der Waals surface area contributed by atoms with Gasteiger partial charge in [0.15, 0.2) is 5.65 Å². The Bertz CT molecular complexity index is 1290. The monoisotopic (exact) mass is 438 g/mol.